The second-order valence-electron chi connectivity index (χ2n) is 5.17. The number of methoxy groups -OCH3 is 1. The average molecular weight is 400 g/mol. The number of carbonyl (C=O) groups is 2. The monoisotopic (exact) mass is 399 g/mol. The number of anilines is 1. The molecule has 1 amide bonds. The van der Waals surface area contributed by atoms with E-state index in [0.29, 0.717) is 12.7 Å². The van der Waals surface area contributed by atoms with Crippen LogP contribution in [-0.2, 0) is 9.53 Å². The van der Waals surface area contributed by atoms with Crippen molar-refractivity contribution in [2.45, 2.75) is 6.92 Å². The van der Waals surface area contributed by atoms with Crippen molar-refractivity contribution in [3.05, 3.63) is 52.6 Å². The molecule has 0 heterocycles. The number of hydrogen-bond acceptors (Lipinski definition) is 5. The maximum atomic E-state index is 13.5. The Hall–Kier alpha value is -2.87. The molecule has 6 nitrogen and oxygen atoms in total. The van der Waals surface area contributed by atoms with Gasteiger partial charge in [0, 0.05) is 6.07 Å². The van der Waals surface area contributed by atoms with Gasteiger partial charge in [0.2, 0.25) is 0 Å². The molecule has 1 N–H and O–H groups in total. The second-order valence-corrected chi connectivity index (χ2v) is 5.58. The molecule has 2 rings (SSSR count). The van der Waals surface area contributed by atoms with Crippen LogP contribution in [0, 0.1) is 11.6 Å². The minimum Gasteiger partial charge on any atom is -0.493 e. The van der Waals surface area contributed by atoms with Crippen molar-refractivity contribution in [3.8, 4) is 11.5 Å². The number of carbonyl (C=O) groups excluding carboxylic acids is 2. The number of hydrogen-bond donors (Lipinski definition) is 1. The van der Waals surface area contributed by atoms with Gasteiger partial charge in [0.25, 0.3) is 5.91 Å². The first kappa shape index (κ1) is 20.4. The third kappa shape index (κ3) is 5.30. The molecule has 0 aromatic heterocycles. The van der Waals surface area contributed by atoms with Crippen LogP contribution in [0.3, 0.4) is 0 Å². The summed E-state index contributed by atoms with van der Waals surface area (Å²) >= 11 is 6.07. The third-order valence-electron chi connectivity index (χ3n) is 3.29. The minimum atomic E-state index is -0.947. The Morgan fingerprint density at radius 3 is 2.56 bits per heavy atom. The van der Waals surface area contributed by atoms with Crippen molar-refractivity contribution in [1.29, 1.82) is 0 Å². The maximum Gasteiger partial charge on any atom is 0.338 e. The molecule has 0 radical (unpaired) electrons. The van der Waals surface area contributed by atoms with E-state index in [4.69, 9.17) is 25.8 Å². The van der Waals surface area contributed by atoms with E-state index in [-0.39, 0.29) is 27.8 Å². The van der Waals surface area contributed by atoms with E-state index in [0.717, 1.165) is 12.1 Å². The van der Waals surface area contributed by atoms with Crippen molar-refractivity contribution in [2.24, 2.45) is 0 Å². The van der Waals surface area contributed by atoms with E-state index in [1.165, 1.54) is 19.2 Å². The zero-order valence-corrected chi connectivity index (χ0v) is 15.2. The molecular formula is C18H16ClF2NO5. The molecule has 0 fully saturated rings. The molecular weight excluding hydrogens is 384 g/mol. The summed E-state index contributed by atoms with van der Waals surface area (Å²) in [6, 6.07) is 5.34. The van der Waals surface area contributed by atoms with E-state index < -0.39 is 30.1 Å². The first-order valence-corrected chi connectivity index (χ1v) is 8.15. The topological polar surface area (TPSA) is 73.9 Å². The Morgan fingerprint density at radius 2 is 1.93 bits per heavy atom. The van der Waals surface area contributed by atoms with Crippen molar-refractivity contribution < 1.29 is 32.6 Å². The van der Waals surface area contributed by atoms with E-state index in [9.17, 15) is 18.4 Å². The van der Waals surface area contributed by atoms with Crippen LogP contribution in [-0.4, -0.2) is 32.2 Å². The van der Waals surface area contributed by atoms with Gasteiger partial charge in [-0.25, -0.2) is 13.6 Å². The predicted molar refractivity (Wildman–Crippen MR) is 94.4 cm³/mol. The summed E-state index contributed by atoms with van der Waals surface area (Å²) in [6.07, 6.45) is 0. The lowest BCUT2D eigenvalue weighted by molar-refractivity contribution is -0.119. The highest BCUT2D eigenvalue weighted by Crippen LogP contribution is 2.36. The van der Waals surface area contributed by atoms with Crippen LogP contribution in [0.15, 0.2) is 30.3 Å². The lowest BCUT2D eigenvalue weighted by Gasteiger charge is -2.13. The summed E-state index contributed by atoms with van der Waals surface area (Å²) in [7, 11) is 1.38. The molecule has 0 aliphatic rings. The number of amides is 1. The third-order valence-corrected chi connectivity index (χ3v) is 3.57. The molecule has 2 aromatic rings. The standard InChI is InChI=1S/C18H16ClF2NO5/c1-3-26-17-12(19)6-10(7-15(17)25-2)18(24)27-9-16(23)22-14-5-4-11(20)8-13(14)21/h4-8H,3,9H2,1-2H3,(H,22,23). The lowest BCUT2D eigenvalue weighted by atomic mass is 10.2. The highest BCUT2D eigenvalue weighted by molar-refractivity contribution is 6.32. The van der Waals surface area contributed by atoms with E-state index in [1.54, 1.807) is 6.92 Å². The number of rotatable bonds is 7. The minimum absolute atomic E-state index is 0.0427. The van der Waals surface area contributed by atoms with Gasteiger partial charge in [-0.15, -0.1) is 0 Å². The molecule has 0 aliphatic carbocycles. The Balaban J connectivity index is 2.02. The molecule has 0 saturated carbocycles. The summed E-state index contributed by atoms with van der Waals surface area (Å²) in [5.41, 5.74) is -0.190. The fourth-order valence-electron chi connectivity index (χ4n) is 2.11. The number of halogens is 3. The zero-order chi connectivity index (χ0) is 20.0. The van der Waals surface area contributed by atoms with Crippen LogP contribution in [0.1, 0.15) is 17.3 Å². The Labute approximate surface area is 159 Å². The van der Waals surface area contributed by atoms with Crippen LogP contribution in [0.4, 0.5) is 14.5 Å². The van der Waals surface area contributed by atoms with Gasteiger partial charge in [-0.05, 0) is 31.2 Å². The van der Waals surface area contributed by atoms with E-state index in [1.807, 2.05) is 0 Å². The first-order valence-electron chi connectivity index (χ1n) is 7.78. The largest absolute Gasteiger partial charge is 0.493 e. The van der Waals surface area contributed by atoms with Gasteiger partial charge in [0.1, 0.15) is 11.6 Å². The number of esters is 1. The molecule has 144 valence electrons. The summed E-state index contributed by atoms with van der Waals surface area (Å²) in [5, 5.41) is 2.32. The number of nitrogens with one attached hydrogen (secondary N) is 1. The first-order chi connectivity index (χ1) is 12.8. The molecule has 0 saturated heterocycles. The highest BCUT2D eigenvalue weighted by atomic mass is 35.5. The quantitative estimate of drug-likeness (QED) is 0.716. The number of benzene rings is 2. The molecule has 0 bridgehead atoms. The normalized spacial score (nSPS) is 10.3. The molecule has 2 aromatic carbocycles. The van der Waals surface area contributed by atoms with Gasteiger partial charge in [0.15, 0.2) is 18.1 Å². The van der Waals surface area contributed by atoms with Crippen LogP contribution in [0.5, 0.6) is 11.5 Å². The van der Waals surface area contributed by atoms with E-state index in [2.05, 4.69) is 5.32 Å². The molecule has 0 atom stereocenters. The van der Waals surface area contributed by atoms with Crippen molar-refractivity contribution in [2.75, 3.05) is 25.6 Å². The fraction of sp³-hybridized carbons (Fsp3) is 0.222. The van der Waals surface area contributed by atoms with Gasteiger partial charge >= 0.3 is 5.97 Å². The lowest BCUT2D eigenvalue weighted by Crippen LogP contribution is -2.21. The van der Waals surface area contributed by atoms with Gasteiger partial charge in [-0.1, -0.05) is 11.6 Å². The van der Waals surface area contributed by atoms with Crippen LogP contribution in [0.25, 0.3) is 0 Å². The maximum absolute atomic E-state index is 13.5. The van der Waals surface area contributed by atoms with E-state index >= 15 is 0 Å². The number of ether oxygens (including phenoxy) is 3. The second kappa shape index (κ2) is 9.18. The summed E-state index contributed by atoms with van der Waals surface area (Å²) in [5.74, 6) is -2.85. The van der Waals surface area contributed by atoms with Crippen LogP contribution in [0.2, 0.25) is 5.02 Å². The predicted octanol–water partition coefficient (Wildman–Crippen LogP) is 3.82. The Kier molecular flexibility index (Phi) is 6.95. The van der Waals surface area contributed by atoms with Gasteiger partial charge in [-0.3, -0.25) is 4.79 Å². The summed E-state index contributed by atoms with van der Waals surface area (Å²) in [6.45, 7) is 1.43. The molecule has 27 heavy (non-hydrogen) atoms. The van der Waals surface area contributed by atoms with Gasteiger partial charge < -0.3 is 19.5 Å². The zero-order valence-electron chi connectivity index (χ0n) is 14.5. The van der Waals surface area contributed by atoms with Crippen LogP contribution < -0.4 is 14.8 Å². The molecule has 0 spiro atoms. The average Bonchev–Trinajstić information content (AvgIpc) is 2.63. The van der Waals surface area contributed by atoms with Gasteiger partial charge in [-0.2, -0.15) is 0 Å². The highest BCUT2D eigenvalue weighted by Gasteiger charge is 2.18. The molecule has 0 aliphatic heterocycles. The van der Waals surface area contributed by atoms with Gasteiger partial charge in [0.05, 0.1) is 30.0 Å². The fourth-order valence-corrected chi connectivity index (χ4v) is 2.38. The SMILES string of the molecule is CCOc1c(Cl)cc(C(=O)OCC(=O)Nc2ccc(F)cc2F)cc1OC. The summed E-state index contributed by atoms with van der Waals surface area (Å²) < 4.78 is 41.7. The summed E-state index contributed by atoms with van der Waals surface area (Å²) in [4.78, 5) is 23.9. The van der Waals surface area contributed by atoms with Crippen molar-refractivity contribution in [1.82, 2.24) is 0 Å². The Morgan fingerprint density at radius 1 is 1.19 bits per heavy atom. The molecule has 0 unspecified atom stereocenters. The van der Waals surface area contributed by atoms with Crippen LogP contribution >= 0.6 is 11.6 Å². The smallest absolute Gasteiger partial charge is 0.338 e. The van der Waals surface area contributed by atoms with Crippen molar-refractivity contribution >= 4 is 29.2 Å². The van der Waals surface area contributed by atoms with Crippen molar-refractivity contribution in [3.63, 3.8) is 0 Å². The Bertz CT molecular complexity index is 860. The molecule has 9 heteroatoms.